The van der Waals surface area contributed by atoms with Crippen molar-refractivity contribution >= 4 is 0 Å². The number of terminal acetylenes is 1. The van der Waals surface area contributed by atoms with Crippen LogP contribution in [0.25, 0.3) is 0 Å². The van der Waals surface area contributed by atoms with E-state index in [9.17, 15) is 0 Å². The normalized spacial score (nSPS) is 11.8. The Balaban J connectivity index is 2.44. The maximum absolute atomic E-state index is 5.31. The summed E-state index contributed by atoms with van der Waals surface area (Å²) in [6, 6.07) is 8.59. The molecule has 0 aliphatic heterocycles. The summed E-state index contributed by atoms with van der Waals surface area (Å²) in [6.45, 7) is 0. The van der Waals surface area contributed by atoms with Gasteiger partial charge >= 0.3 is 0 Å². The van der Waals surface area contributed by atoms with Crippen molar-refractivity contribution in [2.45, 2.75) is 25.3 Å². The molecule has 0 bridgehead atoms. The van der Waals surface area contributed by atoms with E-state index in [-0.39, 0.29) is 0 Å². The van der Waals surface area contributed by atoms with Gasteiger partial charge < -0.3 is 10.1 Å². The van der Waals surface area contributed by atoms with Crippen molar-refractivity contribution in [1.82, 2.24) is 5.32 Å². The van der Waals surface area contributed by atoms with Gasteiger partial charge in [-0.1, -0.05) is 12.1 Å². The summed E-state index contributed by atoms with van der Waals surface area (Å²) in [5, 5.41) is 3.23. The van der Waals surface area contributed by atoms with E-state index in [2.05, 4.69) is 23.4 Å². The number of hydrogen-bond donors (Lipinski definition) is 1. The molecule has 0 aliphatic carbocycles. The zero-order valence-electron chi connectivity index (χ0n) is 9.99. The number of nitrogens with one attached hydrogen (secondary N) is 1. The van der Waals surface area contributed by atoms with Gasteiger partial charge in [0, 0.05) is 12.5 Å². The smallest absolute Gasteiger partial charge is 0.118 e. The Morgan fingerprint density at radius 3 is 2.56 bits per heavy atom. The van der Waals surface area contributed by atoms with Gasteiger partial charge in [0.15, 0.2) is 0 Å². The van der Waals surface area contributed by atoms with Crippen LogP contribution in [0.15, 0.2) is 24.3 Å². The van der Waals surface area contributed by atoms with E-state index in [1.807, 2.05) is 19.2 Å². The second-order valence-corrected chi connectivity index (χ2v) is 3.78. The Morgan fingerprint density at radius 2 is 2.06 bits per heavy atom. The molecule has 1 unspecified atom stereocenters. The molecule has 2 nitrogen and oxygen atoms in total. The molecule has 1 aromatic rings. The molecule has 0 saturated carbocycles. The van der Waals surface area contributed by atoms with E-state index in [1.165, 1.54) is 5.56 Å². The molecule has 0 aromatic heterocycles. The Labute approximate surface area is 98.0 Å². The third-order valence-corrected chi connectivity index (χ3v) is 2.71. The molecule has 1 aromatic carbocycles. The second kappa shape index (κ2) is 6.92. The van der Waals surface area contributed by atoms with E-state index in [1.54, 1.807) is 7.11 Å². The number of hydrogen-bond acceptors (Lipinski definition) is 2. The predicted octanol–water partition coefficient (Wildman–Crippen LogP) is 2.24. The lowest BCUT2D eigenvalue weighted by Crippen LogP contribution is -2.25. The maximum atomic E-state index is 5.31. The summed E-state index contributed by atoms with van der Waals surface area (Å²) in [7, 11) is 3.63. The molecule has 1 atom stereocenters. The quantitative estimate of drug-likeness (QED) is 0.738. The van der Waals surface area contributed by atoms with Crippen molar-refractivity contribution in [2.24, 2.45) is 0 Å². The van der Waals surface area contributed by atoms with Crippen LogP contribution in [-0.4, -0.2) is 20.2 Å². The van der Waals surface area contributed by atoms with Gasteiger partial charge in [0.2, 0.25) is 0 Å². The second-order valence-electron chi connectivity index (χ2n) is 3.78. The lowest BCUT2D eigenvalue weighted by atomic mass is 10.0. The molecular weight excluding hydrogens is 198 g/mol. The van der Waals surface area contributed by atoms with Crippen LogP contribution >= 0.6 is 0 Å². The van der Waals surface area contributed by atoms with Gasteiger partial charge in [-0.15, -0.1) is 12.3 Å². The summed E-state index contributed by atoms with van der Waals surface area (Å²) in [5.74, 6) is 3.59. The summed E-state index contributed by atoms with van der Waals surface area (Å²) >= 11 is 0. The number of rotatable bonds is 6. The fraction of sp³-hybridized carbons (Fsp3) is 0.429. The number of ether oxygens (including phenoxy) is 1. The first-order chi connectivity index (χ1) is 7.80. The van der Waals surface area contributed by atoms with Gasteiger partial charge in [0.25, 0.3) is 0 Å². The number of benzene rings is 1. The summed E-state index contributed by atoms with van der Waals surface area (Å²) < 4.78 is 5.12. The van der Waals surface area contributed by atoms with E-state index < -0.39 is 0 Å². The Hall–Kier alpha value is -1.46. The maximum Gasteiger partial charge on any atom is 0.118 e. The van der Waals surface area contributed by atoms with Crippen LogP contribution in [0.4, 0.5) is 0 Å². The molecule has 0 radical (unpaired) electrons. The zero-order valence-corrected chi connectivity index (χ0v) is 9.99. The number of aryl methyl sites for hydroxylation is 1. The van der Waals surface area contributed by atoms with Crippen LogP contribution < -0.4 is 10.1 Å². The first kappa shape index (κ1) is 12.6. The van der Waals surface area contributed by atoms with Crippen molar-refractivity contribution in [2.75, 3.05) is 14.2 Å². The van der Waals surface area contributed by atoms with Crippen molar-refractivity contribution in [1.29, 1.82) is 0 Å². The minimum atomic E-state index is 0.409. The van der Waals surface area contributed by atoms with Crippen LogP contribution in [0.5, 0.6) is 5.75 Å². The third-order valence-electron chi connectivity index (χ3n) is 2.71. The Bertz CT molecular complexity index is 337. The molecule has 0 saturated heterocycles. The highest BCUT2D eigenvalue weighted by Crippen LogP contribution is 2.13. The highest BCUT2D eigenvalue weighted by molar-refractivity contribution is 5.27. The fourth-order valence-electron chi connectivity index (χ4n) is 1.62. The van der Waals surface area contributed by atoms with Gasteiger partial charge in [-0.05, 0) is 37.6 Å². The topological polar surface area (TPSA) is 21.3 Å². The molecule has 86 valence electrons. The molecule has 2 heteroatoms. The fourth-order valence-corrected chi connectivity index (χ4v) is 1.62. The van der Waals surface area contributed by atoms with Crippen molar-refractivity contribution in [3.8, 4) is 18.1 Å². The van der Waals surface area contributed by atoms with Crippen molar-refractivity contribution in [3.05, 3.63) is 29.8 Å². The van der Waals surface area contributed by atoms with E-state index in [0.717, 1.165) is 25.0 Å². The van der Waals surface area contributed by atoms with Gasteiger partial charge in [-0.2, -0.15) is 0 Å². The van der Waals surface area contributed by atoms with Gasteiger partial charge in [0.05, 0.1) is 7.11 Å². The van der Waals surface area contributed by atoms with Crippen LogP contribution in [0, 0.1) is 12.3 Å². The molecule has 0 amide bonds. The molecule has 0 heterocycles. The van der Waals surface area contributed by atoms with Crippen LogP contribution in [0.2, 0.25) is 0 Å². The SMILES string of the molecule is C#CCC(CCc1ccc(OC)cc1)NC. The average molecular weight is 217 g/mol. The highest BCUT2D eigenvalue weighted by atomic mass is 16.5. The Kier molecular flexibility index (Phi) is 5.45. The van der Waals surface area contributed by atoms with Gasteiger partial charge in [-0.3, -0.25) is 0 Å². The largest absolute Gasteiger partial charge is 0.497 e. The summed E-state index contributed by atoms with van der Waals surface area (Å²) in [4.78, 5) is 0. The molecular formula is C14H19NO. The summed E-state index contributed by atoms with van der Waals surface area (Å²) in [6.07, 6.45) is 8.19. The van der Waals surface area contributed by atoms with Crippen LogP contribution in [0.3, 0.4) is 0 Å². The summed E-state index contributed by atoms with van der Waals surface area (Å²) in [5.41, 5.74) is 1.32. The molecule has 1 N–H and O–H groups in total. The monoisotopic (exact) mass is 217 g/mol. The Morgan fingerprint density at radius 1 is 1.38 bits per heavy atom. The average Bonchev–Trinajstić information content (AvgIpc) is 2.35. The highest BCUT2D eigenvalue weighted by Gasteiger charge is 2.04. The van der Waals surface area contributed by atoms with Crippen molar-refractivity contribution < 1.29 is 4.74 Å². The first-order valence-corrected chi connectivity index (χ1v) is 5.53. The minimum Gasteiger partial charge on any atom is -0.497 e. The van der Waals surface area contributed by atoms with Crippen LogP contribution in [-0.2, 0) is 6.42 Å². The standard InChI is InChI=1S/C14H19NO/c1-4-5-13(15-2)9-6-12-7-10-14(16-3)11-8-12/h1,7-8,10-11,13,15H,5-6,9H2,2-3H3. The van der Waals surface area contributed by atoms with Gasteiger partial charge in [-0.25, -0.2) is 0 Å². The van der Waals surface area contributed by atoms with Crippen molar-refractivity contribution in [3.63, 3.8) is 0 Å². The van der Waals surface area contributed by atoms with E-state index in [4.69, 9.17) is 11.2 Å². The molecule has 0 fully saturated rings. The number of methoxy groups -OCH3 is 1. The van der Waals surface area contributed by atoms with Gasteiger partial charge in [0.1, 0.15) is 5.75 Å². The lowest BCUT2D eigenvalue weighted by molar-refractivity contribution is 0.414. The lowest BCUT2D eigenvalue weighted by Gasteiger charge is -2.12. The van der Waals surface area contributed by atoms with Crippen LogP contribution in [0.1, 0.15) is 18.4 Å². The minimum absolute atomic E-state index is 0.409. The molecule has 0 aliphatic rings. The first-order valence-electron chi connectivity index (χ1n) is 5.53. The van der Waals surface area contributed by atoms with E-state index in [0.29, 0.717) is 6.04 Å². The van der Waals surface area contributed by atoms with E-state index >= 15 is 0 Å². The molecule has 0 spiro atoms. The molecule has 1 rings (SSSR count). The predicted molar refractivity (Wildman–Crippen MR) is 67.6 cm³/mol. The zero-order chi connectivity index (χ0) is 11.8. The molecule has 16 heavy (non-hydrogen) atoms. The third kappa shape index (κ3) is 3.96.